The van der Waals surface area contributed by atoms with Crippen molar-refractivity contribution in [2.24, 2.45) is 5.92 Å². The lowest BCUT2D eigenvalue weighted by atomic mass is 9.73. The van der Waals surface area contributed by atoms with Crippen molar-refractivity contribution in [3.05, 3.63) is 66.0 Å². The van der Waals surface area contributed by atoms with Crippen LogP contribution >= 0.6 is 0 Å². The SMILES string of the molecule is C[N+]1(CCc2ccncc2)CCC(OC(=O)C(O)(c2ccccc2)C2CCCCC2)CC1. The first kappa shape index (κ1) is 22.9. The molecule has 1 saturated carbocycles. The first-order valence-corrected chi connectivity index (χ1v) is 12.2. The van der Waals surface area contributed by atoms with Crippen molar-refractivity contribution in [3.63, 3.8) is 0 Å². The second-order valence-corrected chi connectivity index (χ2v) is 9.97. The number of esters is 1. The van der Waals surface area contributed by atoms with Crippen LogP contribution in [0.3, 0.4) is 0 Å². The number of piperidine rings is 1. The van der Waals surface area contributed by atoms with Gasteiger partial charge in [-0.25, -0.2) is 4.79 Å². The van der Waals surface area contributed by atoms with E-state index in [-0.39, 0.29) is 12.0 Å². The van der Waals surface area contributed by atoms with E-state index in [1.54, 1.807) is 0 Å². The van der Waals surface area contributed by atoms with Crippen LogP contribution in [0.2, 0.25) is 0 Å². The molecule has 1 aromatic heterocycles. The van der Waals surface area contributed by atoms with Gasteiger partial charge in [-0.2, -0.15) is 0 Å². The molecule has 5 nitrogen and oxygen atoms in total. The van der Waals surface area contributed by atoms with Crippen LogP contribution in [0.25, 0.3) is 0 Å². The Hall–Kier alpha value is -2.24. The molecule has 2 aliphatic rings. The van der Waals surface area contributed by atoms with Crippen LogP contribution in [0.4, 0.5) is 0 Å². The van der Waals surface area contributed by atoms with Gasteiger partial charge in [0.05, 0.1) is 26.7 Å². The van der Waals surface area contributed by atoms with Crippen molar-refractivity contribution in [3.8, 4) is 0 Å². The lowest BCUT2D eigenvalue weighted by Gasteiger charge is -2.42. The minimum atomic E-state index is -1.54. The third kappa shape index (κ3) is 5.21. The molecule has 32 heavy (non-hydrogen) atoms. The van der Waals surface area contributed by atoms with E-state index in [0.29, 0.717) is 5.56 Å². The van der Waals surface area contributed by atoms with Gasteiger partial charge in [0.1, 0.15) is 6.10 Å². The van der Waals surface area contributed by atoms with Crippen molar-refractivity contribution >= 4 is 5.97 Å². The third-order valence-electron chi connectivity index (χ3n) is 7.67. The number of rotatable bonds is 7. The van der Waals surface area contributed by atoms with Crippen molar-refractivity contribution in [1.29, 1.82) is 0 Å². The Morgan fingerprint density at radius 3 is 2.34 bits per heavy atom. The highest BCUT2D eigenvalue weighted by Crippen LogP contribution is 2.41. The molecule has 2 fully saturated rings. The molecular weight excluding hydrogens is 400 g/mol. The average molecular weight is 438 g/mol. The number of nitrogens with zero attached hydrogens (tertiary/aromatic N) is 2. The summed E-state index contributed by atoms with van der Waals surface area (Å²) in [6, 6.07) is 13.6. The maximum Gasteiger partial charge on any atom is 0.343 e. The summed E-state index contributed by atoms with van der Waals surface area (Å²) in [7, 11) is 2.29. The summed E-state index contributed by atoms with van der Waals surface area (Å²) < 4.78 is 7.00. The number of likely N-dealkylation sites (N-methyl/N-ethyl adjacent to an activating group) is 1. The fourth-order valence-corrected chi connectivity index (χ4v) is 5.43. The molecule has 1 aliphatic heterocycles. The Balaban J connectivity index is 1.38. The van der Waals surface area contributed by atoms with Crippen LogP contribution in [0.1, 0.15) is 56.1 Å². The van der Waals surface area contributed by atoms with Crippen molar-refractivity contribution < 1.29 is 19.1 Å². The molecule has 0 bridgehead atoms. The maximum atomic E-state index is 13.4. The summed E-state index contributed by atoms with van der Waals surface area (Å²) in [5, 5.41) is 11.7. The predicted molar refractivity (Wildman–Crippen MR) is 125 cm³/mol. The number of carbonyl (C=O) groups excluding carboxylic acids is 1. The number of aromatic nitrogens is 1. The monoisotopic (exact) mass is 437 g/mol. The van der Waals surface area contributed by atoms with Gasteiger partial charge in [0.25, 0.3) is 0 Å². The number of hydrogen-bond donors (Lipinski definition) is 1. The zero-order valence-electron chi connectivity index (χ0n) is 19.3. The first-order valence-electron chi connectivity index (χ1n) is 12.2. The summed E-state index contributed by atoms with van der Waals surface area (Å²) >= 11 is 0. The van der Waals surface area contributed by atoms with Gasteiger partial charge in [-0.05, 0) is 36.1 Å². The quantitative estimate of drug-likeness (QED) is 0.520. The van der Waals surface area contributed by atoms with Crippen LogP contribution in [-0.2, 0) is 21.6 Å². The molecule has 5 heteroatoms. The fraction of sp³-hybridized carbons (Fsp3) is 0.556. The van der Waals surface area contributed by atoms with E-state index in [1.807, 2.05) is 42.7 Å². The number of pyridine rings is 1. The fourth-order valence-electron chi connectivity index (χ4n) is 5.43. The molecular formula is C27H37N2O3+. The second kappa shape index (κ2) is 10.1. The van der Waals surface area contributed by atoms with E-state index in [4.69, 9.17) is 4.74 Å². The molecule has 1 N–H and O–H groups in total. The topological polar surface area (TPSA) is 59.4 Å². The van der Waals surface area contributed by atoms with Crippen LogP contribution < -0.4 is 0 Å². The summed E-state index contributed by atoms with van der Waals surface area (Å²) in [6.45, 7) is 3.03. The molecule has 172 valence electrons. The van der Waals surface area contributed by atoms with Crippen LogP contribution in [0.15, 0.2) is 54.9 Å². The minimum Gasteiger partial charge on any atom is -0.460 e. The van der Waals surface area contributed by atoms with E-state index in [2.05, 4.69) is 24.2 Å². The Morgan fingerprint density at radius 2 is 1.69 bits per heavy atom. The largest absolute Gasteiger partial charge is 0.460 e. The number of quaternary nitrogens is 1. The molecule has 1 aliphatic carbocycles. The molecule has 1 atom stereocenters. The molecule has 2 aromatic rings. The van der Waals surface area contributed by atoms with Gasteiger partial charge in [-0.1, -0.05) is 49.6 Å². The molecule has 4 rings (SSSR count). The number of likely N-dealkylation sites (tertiary alicyclic amines) is 1. The van der Waals surface area contributed by atoms with E-state index in [9.17, 15) is 9.90 Å². The van der Waals surface area contributed by atoms with Gasteiger partial charge in [-0.3, -0.25) is 4.98 Å². The average Bonchev–Trinajstić information content (AvgIpc) is 2.85. The number of ether oxygens (including phenoxy) is 1. The summed E-state index contributed by atoms with van der Waals surface area (Å²) in [5.41, 5.74) is 0.442. The predicted octanol–water partition coefficient (Wildman–Crippen LogP) is 4.24. The van der Waals surface area contributed by atoms with Gasteiger partial charge >= 0.3 is 5.97 Å². The van der Waals surface area contributed by atoms with E-state index >= 15 is 0 Å². The van der Waals surface area contributed by atoms with Crippen molar-refractivity contribution in [1.82, 2.24) is 4.98 Å². The van der Waals surface area contributed by atoms with Gasteiger partial charge in [-0.15, -0.1) is 0 Å². The number of benzene rings is 1. The van der Waals surface area contributed by atoms with E-state index in [1.165, 1.54) is 12.0 Å². The van der Waals surface area contributed by atoms with Crippen LogP contribution in [0, 0.1) is 5.92 Å². The maximum absolute atomic E-state index is 13.4. The molecule has 1 unspecified atom stereocenters. The standard InChI is InChI=1S/C27H37N2O3/c1-29(19-14-22-12-17-28-18-13-22)20-15-25(16-21-29)32-26(30)27(31,23-8-4-2-5-9-23)24-10-6-3-7-11-24/h2,4-5,8-9,12-13,17-18,24-25,31H,3,6-7,10-11,14-16,19-21H2,1H3/q+1. The third-order valence-corrected chi connectivity index (χ3v) is 7.67. The molecule has 1 aromatic carbocycles. The molecule has 2 heterocycles. The highest BCUT2D eigenvalue weighted by molar-refractivity contribution is 5.81. The second-order valence-electron chi connectivity index (χ2n) is 9.97. The normalized spacial score (nSPS) is 26.2. The first-order chi connectivity index (χ1) is 15.5. The zero-order chi connectivity index (χ0) is 22.4. The molecule has 0 radical (unpaired) electrons. The molecule has 1 saturated heterocycles. The smallest absolute Gasteiger partial charge is 0.343 e. The summed E-state index contributed by atoms with van der Waals surface area (Å²) in [5.74, 6) is -0.523. The zero-order valence-corrected chi connectivity index (χ0v) is 19.3. The summed E-state index contributed by atoms with van der Waals surface area (Å²) in [6.07, 6.45) is 11.3. The Labute approximate surface area is 192 Å². The summed E-state index contributed by atoms with van der Waals surface area (Å²) in [4.78, 5) is 17.5. The number of aliphatic hydroxyl groups is 1. The van der Waals surface area contributed by atoms with Gasteiger partial charge in [0.2, 0.25) is 0 Å². The Morgan fingerprint density at radius 1 is 1.03 bits per heavy atom. The molecule has 0 spiro atoms. The highest BCUT2D eigenvalue weighted by Gasteiger charge is 2.48. The van der Waals surface area contributed by atoms with Crippen LogP contribution in [0.5, 0.6) is 0 Å². The number of hydrogen-bond acceptors (Lipinski definition) is 4. The van der Waals surface area contributed by atoms with Gasteiger partial charge < -0.3 is 14.3 Å². The number of carbonyl (C=O) groups is 1. The van der Waals surface area contributed by atoms with Crippen molar-refractivity contribution in [2.45, 2.75) is 63.1 Å². The van der Waals surface area contributed by atoms with Crippen molar-refractivity contribution in [2.75, 3.05) is 26.7 Å². The lowest BCUT2D eigenvalue weighted by molar-refractivity contribution is -0.914. The molecule has 0 amide bonds. The Bertz CT molecular complexity index is 859. The Kier molecular flexibility index (Phi) is 7.27. The van der Waals surface area contributed by atoms with Crippen LogP contribution in [-0.4, -0.2) is 53.3 Å². The highest BCUT2D eigenvalue weighted by atomic mass is 16.6. The van der Waals surface area contributed by atoms with E-state index < -0.39 is 11.6 Å². The minimum absolute atomic E-state index is 0.0730. The van der Waals surface area contributed by atoms with Gasteiger partial charge in [0, 0.05) is 37.6 Å². The van der Waals surface area contributed by atoms with E-state index in [0.717, 1.165) is 69.1 Å². The van der Waals surface area contributed by atoms with Gasteiger partial charge in [0.15, 0.2) is 5.60 Å². The lowest BCUT2D eigenvalue weighted by Crippen LogP contribution is -2.53.